The molecule has 15 heavy (non-hydrogen) atoms. The van der Waals surface area contributed by atoms with Crippen LogP contribution in [0.25, 0.3) is 0 Å². The van der Waals surface area contributed by atoms with Gasteiger partial charge in [0.05, 0.1) is 12.3 Å². The molecule has 1 rings (SSSR count). The number of thioether (sulfide) groups is 1. The maximum absolute atomic E-state index is 11.7. The molecule has 4 nitrogen and oxygen atoms in total. The van der Waals surface area contributed by atoms with Crippen LogP contribution >= 0.6 is 11.8 Å². The van der Waals surface area contributed by atoms with Crippen molar-refractivity contribution in [3.05, 3.63) is 0 Å². The molecule has 0 bridgehead atoms. The first-order valence-corrected chi connectivity index (χ1v) is 6.05. The molecule has 0 atom stereocenters. The first-order valence-electron chi connectivity index (χ1n) is 5.07. The van der Waals surface area contributed by atoms with E-state index < -0.39 is 0 Å². The molecule has 0 aliphatic carbocycles. The van der Waals surface area contributed by atoms with Gasteiger partial charge in [0, 0.05) is 17.8 Å². The maximum atomic E-state index is 11.7. The van der Waals surface area contributed by atoms with Crippen LogP contribution in [0.3, 0.4) is 0 Å². The Kier molecular flexibility index (Phi) is 4.02. The minimum absolute atomic E-state index is 0.0599. The summed E-state index contributed by atoms with van der Waals surface area (Å²) in [6.45, 7) is 7.65. The van der Waals surface area contributed by atoms with E-state index >= 15 is 0 Å². The van der Waals surface area contributed by atoms with E-state index in [9.17, 15) is 9.59 Å². The van der Waals surface area contributed by atoms with Crippen LogP contribution < -0.4 is 5.32 Å². The summed E-state index contributed by atoms with van der Waals surface area (Å²) in [5.74, 6) is 0.455. The third-order valence-electron chi connectivity index (χ3n) is 2.02. The summed E-state index contributed by atoms with van der Waals surface area (Å²) in [4.78, 5) is 24.4. The maximum Gasteiger partial charge on any atom is 0.239 e. The highest BCUT2D eigenvalue weighted by Crippen LogP contribution is 2.23. The van der Waals surface area contributed by atoms with Crippen LogP contribution in [0.15, 0.2) is 0 Å². The van der Waals surface area contributed by atoms with Crippen LogP contribution in [0.4, 0.5) is 0 Å². The molecule has 1 aliphatic rings. The first-order chi connectivity index (χ1) is 6.88. The SMILES string of the molecule is CC(C)(C)SCC(=O)N1CCNC(=O)C1. The molecule has 5 heteroatoms. The lowest BCUT2D eigenvalue weighted by Gasteiger charge is -2.27. The van der Waals surface area contributed by atoms with Crippen LogP contribution in [-0.2, 0) is 9.59 Å². The summed E-state index contributed by atoms with van der Waals surface area (Å²) < 4.78 is 0.0910. The van der Waals surface area contributed by atoms with Gasteiger partial charge >= 0.3 is 0 Å². The quantitative estimate of drug-likeness (QED) is 0.750. The molecule has 0 spiro atoms. The molecule has 0 aromatic heterocycles. The molecule has 0 saturated carbocycles. The smallest absolute Gasteiger partial charge is 0.239 e. The van der Waals surface area contributed by atoms with Gasteiger partial charge in [-0.15, -0.1) is 11.8 Å². The largest absolute Gasteiger partial charge is 0.353 e. The first kappa shape index (κ1) is 12.4. The number of carbonyl (C=O) groups excluding carboxylic acids is 2. The van der Waals surface area contributed by atoms with Gasteiger partial charge in [0.1, 0.15) is 0 Å². The Morgan fingerprint density at radius 3 is 2.73 bits per heavy atom. The Bertz CT molecular complexity index is 261. The fraction of sp³-hybridized carbons (Fsp3) is 0.800. The predicted molar refractivity (Wildman–Crippen MR) is 61.8 cm³/mol. The summed E-state index contributed by atoms with van der Waals surface area (Å²) in [5, 5.41) is 2.70. The highest BCUT2D eigenvalue weighted by atomic mass is 32.2. The number of amides is 2. The van der Waals surface area contributed by atoms with Gasteiger partial charge in [-0.05, 0) is 0 Å². The molecular formula is C10H18N2O2S. The van der Waals surface area contributed by atoms with Gasteiger partial charge in [-0.2, -0.15) is 0 Å². The molecule has 1 N–H and O–H groups in total. The Labute approximate surface area is 94.8 Å². The zero-order valence-electron chi connectivity index (χ0n) is 9.50. The summed E-state index contributed by atoms with van der Waals surface area (Å²) in [5.41, 5.74) is 0. The van der Waals surface area contributed by atoms with Crippen molar-refractivity contribution < 1.29 is 9.59 Å². The molecule has 86 valence electrons. The molecule has 0 aromatic rings. The second kappa shape index (κ2) is 4.88. The highest BCUT2D eigenvalue weighted by molar-refractivity contribution is 8.01. The minimum Gasteiger partial charge on any atom is -0.353 e. The standard InChI is InChI=1S/C10H18N2O2S/c1-10(2,3)15-7-9(14)12-5-4-11-8(13)6-12/h4-7H2,1-3H3,(H,11,13). The number of piperazine rings is 1. The van der Waals surface area contributed by atoms with Crippen molar-refractivity contribution in [2.75, 3.05) is 25.4 Å². The van der Waals surface area contributed by atoms with E-state index in [4.69, 9.17) is 0 Å². The van der Waals surface area contributed by atoms with E-state index in [0.717, 1.165) is 0 Å². The molecule has 1 fully saturated rings. The van der Waals surface area contributed by atoms with Crippen molar-refractivity contribution in [3.63, 3.8) is 0 Å². The van der Waals surface area contributed by atoms with Crippen molar-refractivity contribution in [3.8, 4) is 0 Å². The molecule has 0 aromatic carbocycles. The second-order valence-corrected chi connectivity index (χ2v) is 6.37. The Morgan fingerprint density at radius 1 is 1.53 bits per heavy atom. The minimum atomic E-state index is -0.0599. The van der Waals surface area contributed by atoms with Gasteiger partial charge in [0.25, 0.3) is 0 Å². The van der Waals surface area contributed by atoms with E-state index in [-0.39, 0.29) is 23.1 Å². The van der Waals surface area contributed by atoms with Gasteiger partial charge in [-0.1, -0.05) is 20.8 Å². The molecular weight excluding hydrogens is 212 g/mol. The van der Waals surface area contributed by atoms with Crippen molar-refractivity contribution >= 4 is 23.6 Å². The Morgan fingerprint density at radius 2 is 2.20 bits per heavy atom. The lowest BCUT2D eigenvalue weighted by molar-refractivity contribution is -0.136. The molecule has 0 unspecified atom stereocenters. The van der Waals surface area contributed by atoms with E-state index in [1.54, 1.807) is 16.7 Å². The normalized spacial score (nSPS) is 17.5. The van der Waals surface area contributed by atoms with Crippen molar-refractivity contribution in [2.24, 2.45) is 0 Å². The average Bonchev–Trinajstić information content (AvgIpc) is 2.13. The second-order valence-electron chi connectivity index (χ2n) is 4.57. The highest BCUT2D eigenvalue weighted by Gasteiger charge is 2.22. The zero-order chi connectivity index (χ0) is 11.5. The van der Waals surface area contributed by atoms with Crippen LogP contribution in [0.2, 0.25) is 0 Å². The fourth-order valence-electron chi connectivity index (χ4n) is 1.22. The summed E-state index contributed by atoms with van der Waals surface area (Å²) in [6.07, 6.45) is 0. The summed E-state index contributed by atoms with van der Waals surface area (Å²) in [6, 6.07) is 0. The van der Waals surface area contributed by atoms with Gasteiger partial charge in [0.15, 0.2) is 0 Å². The molecule has 2 amide bonds. The topological polar surface area (TPSA) is 49.4 Å². The Hall–Kier alpha value is -0.710. The average molecular weight is 230 g/mol. The van der Waals surface area contributed by atoms with Gasteiger partial charge in [-0.3, -0.25) is 9.59 Å². The lowest BCUT2D eigenvalue weighted by Crippen LogP contribution is -2.50. The fourth-order valence-corrected chi connectivity index (χ4v) is 1.96. The molecule has 0 radical (unpaired) electrons. The van der Waals surface area contributed by atoms with Crippen molar-refractivity contribution in [2.45, 2.75) is 25.5 Å². The third-order valence-corrected chi connectivity index (χ3v) is 3.28. The third kappa shape index (κ3) is 4.55. The molecule has 1 heterocycles. The van der Waals surface area contributed by atoms with Crippen LogP contribution in [0.5, 0.6) is 0 Å². The number of nitrogens with zero attached hydrogens (tertiary/aromatic N) is 1. The van der Waals surface area contributed by atoms with Gasteiger partial charge < -0.3 is 10.2 Å². The monoisotopic (exact) mass is 230 g/mol. The number of carbonyl (C=O) groups is 2. The van der Waals surface area contributed by atoms with Crippen LogP contribution in [0.1, 0.15) is 20.8 Å². The van der Waals surface area contributed by atoms with E-state index in [1.165, 1.54) is 0 Å². The van der Waals surface area contributed by atoms with Gasteiger partial charge in [-0.25, -0.2) is 0 Å². The lowest BCUT2D eigenvalue weighted by atomic mass is 10.3. The van der Waals surface area contributed by atoms with E-state index in [2.05, 4.69) is 26.1 Å². The molecule has 1 saturated heterocycles. The van der Waals surface area contributed by atoms with Crippen LogP contribution in [0, 0.1) is 0 Å². The van der Waals surface area contributed by atoms with E-state index in [0.29, 0.717) is 18.8 Å². The molecule has 1 aliphatic heterocycles. The zero-order valence-corrected chi connectivity index (χ0v) is 10.3. The number of rotatable bonds is 2. The van der Waals surface area contributed by atoms with E-state index in [1.807, 2.05) is 0 Å². The predicted octanol–water partition coefficient (Wildman–Crippen LogP) is 0.476. The Balaban J connectivity index is 2.36. The van der Waals surface area contributed by atoms with Gasteiger partial charge in [0.2, 0.25) is 11.8 Å². The van der Waals surface area contributed by atoms with Crippen LogP contribution in [-0.4, -0.2) is 46.8 Å². The number of hydrogen-bond donors (Lipinski definition) is 1. The van der Waals surface area contributed by atoms with Crippen molar-refractivity contribution in [1.82, 2.24) is 10.2 Å². The van der Waals surface area contributed by atoms with Crippen molar-refractivity contribution in [1.29, 1.82) is 0 Å². The summed E-state index contributed by atoms with van der Waals surface area (Å²) >= 11 is 1.61. The summed E-state index contributed by atoms with van der Waals surface area (Å²) in [7, 11) is 0. The number of nitrogens with one attached hydrogen (secondary N) is 1. The number of hydrogen-bond acceptors (Lipinski definition) is 3.